The van der Waals surface area contributed by atoms with E-state index >= 15 is 0 Å². The van der Waals surface area contributed by atoms with Gasteiger partial charge in [0.2, 0.25) is 0 Å². The minimum absolute atomic E-state index is 0.0377. The third-order valence-corrected chi connectivity index (χ3v) is 3.36. The molecule has 0 aliphatic carbocycles. The Morgan fingerprint density at radius 3 is 2.57 bits per heavy atom. The Hall–Kier alpha value is -1.46. The van der Waals surface area contributed by atoms with E-state index in [0.717, 1.165) is 6.54 Å². The average Bonchev–Trinajstić information content (AvgIpc) is 2.37. The smallest absolute Gasteiger partial charge is 0.255 e. The number of methoxy groups -OCH3 is 1. The molecule has 1 rings (SSSR count). The zero-order valence-corrected chi connectivity index (χ0v) is 14.0. The van der Waals surface area contributed by atoms with Crippen molar-refractivity contribution in [3.8, 4) is 5.75 Å². The molecule has 0 aliphatic rings. The molecule has 0 fully saturated rings. The van der Waals surface area contributed by atoms with Crippen molar-refractivity contribution < 1.29 is 9.53 Å². The van der Waals surface area contributed by atoms with E-state index < -0.39 is 0 Å². The lowest BCUT2D eigenvalue weighted by atomic mass is 9.93. The molecular weight excluding hydrogens is 290 g/mol. The van der Waals surface area contributed by atoms with Crippen LogP contribution in [0, 0.1) is 5.41 Å². The quantitative estimate of drug-likeness (QED) is 0.790. The van der Waals surface area contributed by atoms with Crippen molar-refractivity contribution in [3.05, 3.63) is 22.7 Å². The van der Waals surface area contributed by atoms with Crippen molar-refractivity contribution in [1.82, 2.24) is 10.2 Å². The van der Waals surface area contributed by atoms with Gasteiger partial charge in [-0.2, -0.15) is 0 Å². The summed E-state index contributed by atoms with van der Waals surface area (Å²) in [5.41, 5.74) is 6.45. The van der Waals surface area contributed by atoms with Gasteiger partial charge in [-0.05, 0) is 25.6 Å². The van der Waals surface area contributed by atoms with Crippen molar-refractivity contribution in [2.45, 2.75) is 13.8 Å². The molecule has 6 heteroatoms. The van der Waals surface area contributed by atoms with Crippen LogP contribution in [0.4, 0.5) is 5.69 Å². The minimum Gasteiger partial charge on any atom is -0.496 e. The molecule has 3 N–H and O–H groups in total. The van der Waals surface area contributed by atoms with Crippen LogP contribution in [0.2, 0.25) is 5.02 Å². The Kier molecular flexibility index (Phi) is 5.87. The van der Waals surface area contributed by atoms with E-state index in [1.165, 1.54) is 13.2 Å². The number of rotatable bonds is 6. The zero-order chi connectivity index (χ0) is 16.2. The average molecular weight is 314 g/mol. The van der Waals surface area contributed by atoms with E-state index in [-0.39, 0.29) is 11.3 Å². The van der Waals surface area contributed by atoms with Crippen molar-refractivity contribution in [3.63, 3.8) is 0 Å². The number of anilines is 1. The van der Waals surface area contributed by atoms with Crippen LogP contribution in [0.25, 0.3) is 0 Å². The van der Waals surface area contributed by atoms with Gasteiger partial charge in [-0.3, -0.25) is 4.79 Å². The first-order valence-electron chi connectivity index (χ1n) is 6.72. The van der Waals surface area contributed by atoms with Gasteiger partial charge < -0.3 is 20.7 Å². The molecule has 0 aliphatic heterocycles. The van der Waals surface area contributed by atoms with Crippen LogP contribution in [0.1, 0.15) is 24.2 Å². The second-order valence-electron chi connectivity index (χ2n) is 6.16. The Balaban J connectivity index is 2.83. The van der Waals surface area contributed by atoms with Gasteiger partial charge in [0.25, 0.3) is 5.91 Å². The molecule has 0 aromatic heterocycles. The van der Waals surface area contributed by atoms with Gasteiger partial charge in [0.1, 0.15) is 5.75 Å². The Morgan fingerprint density at radius 2 is 2.05 bits per heavy atom. The monoisotopic (exact) mass is 313 g/mol. The van der Waals surface area contributed by atoms with Crippen LogP contribution in [0.5, 0.6) is 5.75 Å². The predicted molar refractivity (Wildman–Crippen MR) is 87.1 cm³/mol. The third kappa shape index (κ3) is 5.10. The van der Waals surface area contributed by atoms with Gasteiger partial charge in [0.15, 0.2) is 0 Å². The maximum Gasteiger partial charge on any atom is 0.255 e. The first-order chi connectivity index (χ1) is 9.66. The number of benzene rings is 1. The molecule has 0 radical (unpaired) electrons. The number of halogens is 1. The molecule has 0 saturated heterocycles. The highest BCUT2D eigenvalue weighted by Gasteiger charge is 2.22. The Morgan fingerprint density at radius 1 is 1.43 bits per heavy atom. The summed E-state index contributed by atoms with van der Waals surface area (Å²) >= 11 is 5.98. The number of hydrogen-bond acceptors (Lipinski definition) is 4. The molecule has 0 spiro atoms. The van der Waals surface area contributed by atoms with Gasteiger partial charge in [-0.1, -0.05) is 25.4 Å². The fraction of sp³-hybridized carbons (Fsp3) is 0.533. The fourth-order valence-corrected chi connectivity index (χ4v) is 2.41. The van der Waals surface area contributed by atoms with Gasteiger partial charge in [-0.15, -0.1) is 0 Å². The number of ether oxygens (including phenoxy) is 1. The number of nitrogen functional groups attached to an aromatic ring is 1. The van der Waals surface area contributed by atoms with Crippen LogP contribution >= 0.6 is 11.6 Å². The maximum absolute atomic E-state index is 12.3. The van der Waals surface area contributed by atoms with E-state index in [1.54, 1.807) is 6.07 Å². The zero-order valence-electron chi connectivity index (χ0n) is 13.3. The highest BCUT2D eigenvalue weighted by molar-refractivity contribution is 6.33. The van der Waals surface area contributed by atoms with Crippen molar-refractivity contribution in [2.75, 3.05) is 40.0 Å². The molecular formula is C15H24ClN3O2. The van der Waals surface area contributed by atoms with Crippen molar-refractivity contribution in [1.29, 1.82) is 0 Å². The topological polar surface area (TPSA) is 67.6 Å². The molecule has 1 aromatic rings. The van der Waals surface area contributed by atoms with Crippen LogP contribution in [0.15, 0.2) is 12.1 Å². The van der Waals surface area contributed by atoms with Gasteiger partial charge >= 0.3 is 0 Å². The Bertz CT molecular complexity index is 516. The summed E-state index contributed by atoms with van der Waals surface area (Å²) in [4.78, 5) is 14.4. The second-order valence-corrected chi connectivity index (χ2v) is 6.57. The number of carbonyl (C=O) groups is 1. The first kappa shape index (κ1) is 17.6. The van der Waals surface area contributed by atoms with E-state index in [2.05, 4.69) is 24.1 Å². The summed E-state index contributed by atoms with van der Waals surface area (Å²) in [5, 5.41) is 3.26. The van der Waals surface area contributed by atoms with Crippen LogP contribution in [-0.2, 0) is 0 Å². The molecule has 118 valence electrons. The second kappa shape index (κ2) is 7.00. The molecule has 0 bridgehead atoms. The summed E-state index contributed by atoms with van der Waals surface area (Å²) in [6.45, 7) is 5.61. The number of hydrogen-bond donors (Lipinski definition) is 2. The standard InChI is InChI=1S/C15H24ClN3O2/c1-15(2,9-19(3)4)8-18-14(20)10-6-11(16)12(17)7-13(10)21-5/h6-7H,8-9,17H2,1-5H3,(H,18,20). The lowest BCUT2D eigenvalue weighted by molar-refractivity contribution is 0.0926. The number of nitrogens with one attached hydrogen (secondary N) is 1. The predicted octanol–water partition coefficient (Wildman–Crippen LogP) is 2.25. The first-order valence-corrected chi connectivity index (χ1v) is 7.10. The minimum atomic E-state index is -0.222. The van der Waals surface area contributed by atoms with Gasteiger partial charge in [-0.25, -0.2) is 0 Å². The van der Waals surface area contributed by atoms with Gasteiger partial charge in [0.05, 0.1) is 23.4 Å². The normalized spacial score (nSPS) is 11.6. The summed E-state index contributed by atoms with van der Waals surface area (Å²) in [5.74, 6) is 0.195. The molecule has 1 aromatic carbocycles. The molecule has 0 heterocycles. The van der Waals surface area contributed by atoms with Gasteiger partial charge in [0, 0.05) is 19.2 Å². The largest absolute Gasteiger partial charge is 0.496 e. The summed E-state index contributed by atoms with van der Waals surface area (Å²) in [7, 11) is 5.51. The molecule has 0 unspecified atom stereocenters. The van der Waals surface area contributed by atoms with Crippen LogP contribution in [-0.4, -0.2) is 45.1 Å². The van der Waals surface area contributed by atoms with Crippen LogP contribution < -0.4 is 15.8 Å². The Labute approximate surface area is 131 Å². The van der Waals surface area contributed by atoms with Crippen LogP contribution in [0.3, 0.4) is 0 Å². The van der Waals surface area contributed by atoms with E-state index in [1.807, 2.05) is 14.1 Å². The lowest BCUT2D eigenvalue weighted by Gasteiger charge is -2.28. The number of nitrogens with zero attached hydrogens (tertiary/aromatic N) is 1. The van der Waals surface area contributed by atoms with E-state index in [0.29, 0.717) is 28.6 Å². The highest BCUT2D eigenvalue weighted by Crippen LogP contribution is 2.29. The highest BCUT2D eigenvalue weighted by atomic mass is 35.5. The molecule has 1 amide bonds. The van der Waals surface area contributed by atoms with Crippen molar-refractivity contribution >= 4 is 23.2 Å². The summed E-state index contributed by atoms with van der Waals surface area (Å²) < 4.78 is 5.19. The van der Waals surface area contributed by atoms with Crippen molar-refractivity contribution in [2.24, 2.45) is 5.41 Å². The third-order valence-electron chi connectivity index (χ3n) is 3.04. The molecule has 21 heavy (non-hydrogen) atoms. The summed E-state index contributed by atoms with van der Waals surface area (Å²) in [6, 6.07) is 3.09. The fourth-order valence-electron chi connectivity index (χ4n) is 2.24. The number of carbonyl (C=O) groups excluding carboxylic acids is 1. The SMILES string of the molecule is COc1cc(N)c(Cl)cc1C(=O)NCC(C)(C)CN(C)C. The number of nitrogens with two attached hydrogens (primary N) is 1. The lowest BCUT2D eigenvalue weighted by Crippen LogP contribution is -2.40. The van der Waals surface area contributed by atoms with E-state index in [4.69, 9.17) is 22.1 Å². The molecule has 0 saturated carbocycles. The molecule has 5 nitrogen and oxygen atoms in total. The number of amides is 1. The maximum atomic E-state index is 12.3. The summed E-state index contributed by atoms with van der Waals surface area (Å²) in [6.07, 6.45) is 0. The molecule has 0 atom stereocenters. The van der Waals surface area contributed by atoms with E-state index in [9.17, 15) is 4.79 Å².